The van der Waals surface area contributed by atoms with Crippen LogP contribution in [0.3, 0.4) is 0 Å². The first kappa shape index (κ1) is 23.3. The molecular formula is C26H29ClN2O4. The lowest BCUT2D eigenvalue weighted by molar-refractivity contribution is 0.0720. The predicted molar refractivity (Wildman–Crippen MR) is 130 cm³/mol. The second-order valence-corrected chi connectivity index (χ2v) is 8.54. The van der Waals surface area contributed by atoms with Crippen LogP contribution in [0.25, 0.3) is 11.0 Å². The summed E-state index contributed by atoms with van der Waals surface area (Å²) in [6, 6.07) is 11.9. The van der Waals surface area contributed by atoms with Gasteiger partial charge in [0, 0.05) is 11.6 Å². The fourth-order valence-corrected chi connectivity index (χ4v) is 4.69. The van der Waals surface area contributed by atoms with Crippen molar-refractivity contribution >= 4 is 28.5 Å². The van der Waals surface area contributed by atoms with Crippen molar-refractivity contribution in [3.63, 3.8) is 0 Å². The maximum atomic E-state index is 13.6. The average molecular weight is 469 g/mol. The summed E-state index contributed by atoms with van der Waals surface area (Å²) in [5.41, 5.74) is 1.33. The van der Waals surface area contributed by atoms with Gasteiger partial charge < -0.3 is 19.0 Å². The van der Waals surface area contributed by atoms with Crippen LogP contribution in [0, 0.1) is 0 Å². The fourth-order valence-electron chi connectivity index (χ4n) is 4.52. The zero-order valence-corrected chi connectivity index (χ0v) is 20.0. The molecule has 2 aromatic carbocycles. The summed E-state index contributed by atoms with van der Waals surface area (Å²) in [5, 5.41) is 0.829. The lowest BCUT2D eigenvalue weighted by Gasteiger charge is -2.27. The largest absolute Gasteiger partial charge is 0.494 e. The second kappa shape index (κ2) is 9.98. The number of hydrogen-bond acceptors (Lipinski definition) is 5. The van der Waals surface area contributed by atoms with Gasteiger partial charge in [-0.15, -0.1) is 0 Å². The Balaban J connectivity index is 1.81. The Hall–Kier alpha value is -2.83. The first-order valence-electron chi connectivity index (χ1n) is 11.5. The molecule has 1 aliphatic heterocycles. The van der Waals surface area contributed by atoms with Crippen LogP contribution >= 0.6 is 11.6 Å². The zero-order chi connectivity index (χ0) is 23.5. The van der Waals surface area contributed by atoms with E-state index in [1.165, 1.54) is 0 Å². The zero-order valence-electron chi connectivity index (χ0n) is 19.3. The molecule has 0 bridgehead atoms. The summed E-state index contributed by atoms with van der Waals surface area (Å²) in [6.45, 7) is 10.0. The number of rotatable bonds is 9. The molecule has 2 heterocycles. The van der Waals surface area contributed by atoms with Gasteiger partial charge in [0.15, 0.2) is 5.43 Å². The lowest BCUT2D eigenvalue weighted by Crippen LogP contribution is -2.33. The summed E-state index contributed by atoms with van der Waals surface area (Å²) in [6.07, 6.45) is 0.794. The standard InChI is InChI=1S/C26H29ClN2O4/c1-4-28(5-2)13-8-14-29-23(17-9-7-10-19(15-17)32-6-3)22-24(30)20-16-18(27)11-12-21(20)33-25(22)26(29)31/h7,9-12,15-16,23H,4-6,8,13-14H2,1-3H3/t23-/m1/s1. The molecule has 0 fully saturated rings. The summed E-state index contributed by atoms with van der Waals surface area (Å²) in [7, 11) is 0. The molecule has 1 amide bonds. The van der Waals surface area contributed by atoms with Gasteiger partial charge in [-0.25, -0.2) is 0 Å². The number of ether oxygens (including phenoxy) is 1. The third-order valence-electron chi connectivity index (χ3n) is 6.18. The number of amides is 1. The monoisotopic (exact) mass is 468 g/mol. The number of halogens is 1. The smallest absolute Gasteiger partial charge is 0.290 e. The molecule has 4 rings (SSSR count). The highest BCUT2D eigenvalue weighted by molar-refractivity contribution is 6.31. The minimum Gasteiger partial charge on any atom is -0.494 e. The number of nitrogens with zero attached hydrogens (tertiary/aromatic N) is 2. The minimum atomic E-state index is -0.538. The van der Waals surface area contributed by atoms with Gasteiger partial charge in [-0.1, -0.05) is 37.6 Å². The van der Waals surface area contributed by atoms with Crippen LogP contribution in [0.15, 0.2) is 51.7 Å². The van der Waals surface area contributed by atoms with Gasteiger partial charge in [-0.2, -0.15) is 0 Å². The van der Waals surface area contributed by atoms with Crippen molar-refractivity contribution in [2.45, 2.75) is 33.2 Å². The van der Waals surface area contributed by atoms with E-state index in [0.29, 0.717) is 40.5 Å². The fraction of sp³-hybridized carbons (Fsp3) is 0.385. The van der Waals surface area contributed by atoms with Gasteiger partial charge in [0.05, 0.1) is 23.6 Å². The first-order chi connectivity index (χ1) is 16.0. The van der Waals surface area contributed by atoms with Gasteiger partial charge in [0.25, 0.3) is 5.91 Å². The van der Waals surface area contributed by atoms with Gasteiger partial charge in [-0.3, -0.25) is 9.59 Å². The topological polar surface area (TPSA) is 63.0 Å². The third-order valence-corrected chi connectivity index (χ3v) is 6.42. The number of fused-ring (bicyclic) bond motifs is 2. The molecular weight excluding hydrogens is 440 g/mol. The molecule has 0 unspecified atom stereocenters. The number of hydrogen-bond donors (Lipinski definition) is 0. The van der Waals surface area contributed by atoms with Crippen molar-refractivity contribution in [3.05, 3.63) is 74.6 Å². The van der Waals surface area contributed by atoms with E-state index in [9.17, 15) is 9.59 Å². The molecule has 0 spiro atoms. The molecule has 174 valence electrons. The minimum absolute atomic E-state index is 0.115. The van der Waals surface area contributed by atoms with Gasteiger partial charge in [0.1, 0.15) is 11.3 Å². The van der Waals surface area contributed by atoms with E-state index < -0.39 is 6.04 Å². The normalized spacial score (nSPS) is 15.5. The van der Waals surface area contributed by atoms with E-state index in [-0.39, 0.29) is 17.1 Å². The Morgan fingerprint density at radius 2 is 1.88 bits per heavy atom. The molecule has 0 N–H and O–H groups in total. The van der Waals surface area contributed by atoms with Crippen LogP contribution in [-0.2, 0) is 0 Å². The quantitative estimate of drug-likeness (QED) is 0.436. The SMILES string of the molecule is CCOc1cccc([C@@H]2c3c(oc4ccc(Cl)cc4c3=O)C(=O)N2CCCN(CC)CC)c1. The Morgan fingerprint density at radius 3 is 2.61 bits per heavy atom. The van der Waals surface area contributed by atoms with Crippen molar-refractivity contribution in [1.29, 1.82) is 0 Å². The van der Waals surface area contributed by atoms with E-state index in [0.717, 1.165) is 31.6 Å². The Bertz CT molecular complexity index is 1220. The summed E-state index contributed by atoms with van der Waals surface area (Å²) in [4.78, 5) is 31.2. The van der Waals surface area contributed by atoms with Crippen LogP contribution in [0.4, 0.5) is 0 Å². The molecule has 7 heteroatoms. The summed E-state index contributed by atoms with van der Waals surface area (Å²) in [5.74, 6) is 0.557. The van der Waals surface area contributed by atoms with E-state index in [1.54, 1.807) is 23.1 Å². The molecule has 0 radical (unpaired) electrons. The van der Waals surface area contributed by atoms with E-state index >= 15 is 0 Å². The van der Waals surface area contributed by atoms with Crippen LogP contribution in [0.1, 0.15) is 54.9 Å². The average Bonchev–Trinajstić information content (AvgIpc) is 3.09. The van der Waals surface area contributed by atoms with E-state index in [4.69, 9.17) is 20.8 Å². The molecule has 0 aliphatic carbocycles. The molecule has 1 atom stereocenters. The number of benzene rings is 2. The van der Waals surface area contributed by atoms with E-state index in [1.807, 2.05) is 31.2 Å². The highest BCUT2D eigenvalue weighted by atomic mass is 35.5. The molecule has 1 aliphatic rings. The maximum absolute atomic E-state index is 13.6. The van der Waals surface area contributed by atoms with Gasteiger partial charge in [0.2, 0.25) is 5.76 Å². The van der Waals surface area contributed by atoms with Crippen molar-refractivity contribution in [3.8, 4) is 5.75 Å². The van der Waals surface area contributed by atoms with Gasteiger partial charge >= 0.3 is 0 Å². The predicted octanol–water partition coefficient (Wildman–Crippen LogP) is 5.12. The van der Waals surface area contributed by atoms with Crippen molar-refractivity contribution in [1.82, 2.24) is 9.80 Å². The van der Waals surface area contributed by atoms with Gasteiger partial charge in [-0.05, 0) is 68.9 Å². The molecule has 1 aromatic heterocycles. The molecule has 0 saturated carbocycles. The molecule has 33 heavy (non-hydrogen) atoms. The van der Waals surface area contributed by atoms with E-state index in [2.05, 4.69) is 18.7 Å². The summed E-state index contributed by atoms with van der Waals surface area (Å²) >= 11 is 6.15. The molecule has 6 nitrogen and oxygen atoms in total. The maximum Gasteiger partial charge on any atom is 0.290 e. The summed E-state index contributed by atoms with van der Waals surface area (Å²) < 4.78 is 11.7. The Morgan fingerprint density at radius 1 is 1.09 bits per heavy atom. The number of carbonyl (C=O) groups excluding carboxylic acids is 1. The highest BCUT2D eigenvalue weighted by Crippen LogP contribution is 2.39. The van der Waals surface area contributed by atoms with Crippen molar-refractivity contribution in [2.24, 2.45) is 0 Å². The molecule has 3 aromatic rings. The highest BCUT2D eigenvalue weighted by Gasteiger charge is 2.42. The van der Waals surface area contributed by atoms with Crippen molar-refractivity contribution < 1.29 is 13.9 Å². The lowest BCUT2D eigenvalue weighted by atomic mass is 9.98. The molecule has 0 saturated heterocycles. The van der Waals surface area contributed by atoms with Crippen LogP contribution < -0.4 is 10.2 Å². The third kappa shape index (κ3) is 4.50. The second-order valence-electron chi connectivity index (χ2n) is 8.10. The number of carbonyl (C=O) groups is 1. The van der Waals surface area contributed by atoms with Crippen LogP contribution in [0.2, 0.25) is 5.02 Å². The van der Waals surface area contributed by atoms with Crippen LogP contribution in [0.5, 0.6) is 5.75 Å². The van der Waals surface area contributed by atoms with Crippen LogP contribution in [-0.4, -0.2) is 48.5 Å². The first-order valence-corrected chi connectivity index (χ1v) is 11.9. The Kier molecular flexibility index (Phi) is 7.05. The Labute approximate surface area is 198 Å². The van der Waals surface area contributed by atoms with Crippen molar-refractivity contribution in [2.75, 3.05) is 32.8 Å².